The van der Waals surface area contributed by atoms with Gasteiger partial charge in [-0.2, -0.15) is 0 Å². The van der Waals surface area contributed by atoms with E-state index >= 15 is 0 Å². The Morgan fingerprint density at radius 2 is 1.65 bits per heavy atom. The van der Waals surface area contributed by atoms with E-state index in [0.717, 1.165) is 5.56 Å². The lowest BCUT2D eigenvalue weighted by molar-refractivity contribution is 0.362. The summed E-state index contributed by atoms with van der Waals surface area (Å²) in [6.45, 7) is 2.04. The summed E-state index contributed by atoms with van der Waals surface area (Å²) in [5.74, 6) is -0.405. The van der Waals surface area contributed by atoms with Crippen molar-refractivity contribution in [2.24, 2.45) is 0 Å². The van der Waals surface area contributed by atoms with E-state index in [1.54, 1.807) is 0 Å². The molecule has 1 unspecified atom stereocenters. The fraction of sp³-hybridized carbons (Fsp3) is 0.625. The van der Waals surface area contributed by atoms with Gasteiger partial charge in [0.2, 0.25) is 0 Å². The Kier molecular flexibility index (Phi) is 6.13. The van der Waals surface area contributed by atoms with Crippen LogP contribution in [0, 0.1) is 5.82 Å². The van der Waals surface area contributed by atoms with Crippen molar-refractivity contribution >= 4 is 23.2 Å². The lowest BCUT2D eigenvalue weighted by Crippen LogP contribution is -2.32. The molecule has 112 valence electrons. The molecule has 0 amide bonds. The molecule has 0 aromatic heterocycles. The fourth-order valence-electron chi connectivity index (χ4n) is 2.94. The second-order valence-corrected chi connectivity index (χ2v) is 6.53. The second kappa shape index (κ2) is 7.63. The first kappa shape index (κ1) is 16.1. The molecule has 0 saturated heterocycles. The van der Waals surface area contributed by atoms with Crippen LogP contribution in [0.15, 0.2) is 12.1 Å². The molecule has 20 heavy (non-hydrogen) atoms. The van der Waals surface area contributed by atoms with Gasteiger partial charge in [0.05, 0.1) is 5.02 Å². The van der Waals surface area contributed by atoms with Crippen LogP contribution in [-0.4, -0.2) is 6.04 Å². The first-order valence-corrected chi connectivity index (χ1v) is 8.24. The number of nitrogens with one attached hydrogen (secondary N) is 1. The van der Waals surface area contributed by atoms with Crippen LogP contribution in [0.5, 0.6) is 0 Å². The van der Waals surface area contributed by atoms with Gasteiger partial charge >= 0.3 is 0 Å². The minimum Gasteiger partial charge on any atom is -0.307 e. The van der Waals surface area contributed by atoms with Crippen molar-refractivity contribution in [1.82, 2.24) is 5.32 Å². The molecule has 0 spiro atoms. The molecule has 0 radical (unpaired) electrons. The number of rotatable bonds is 3. The quantitative estimate of drug-likeness (QED) is 0.685. The molecular weight excluding hydrogens is 296 g/mol. The van der Waals surface area contributed by atoms with Crippen LogP contribution in [0.2, 0.25) is 10.0 Å². The van der Waals surface area contributed by atoms with Crippen LogP contribution in [0.4, 0.5) is 4.39 Å². The predicted molar refractivity (Wildman–Crippen MR) is 84.1 cm³/mol. The maximum absolute atomic E-state index is 13.6. The molecular formula is C16H22Cl2FN. The lowest BCUT2D eigenvalue weighted by atomic mass is 9.95. The molecule has 0 bridgehead atoms. The van der Waals surface area contributed by atoms with E-state index in [2.05, 4.69) is 5.32 Å². The lowest BCUT2D eigenvalue weighted by Gasteiger charge is -2.26. The molecule has 1 N–H and O–H groups in total. The smallest absolute Gasteiger partial charge is 0.142 e. The maximum Gasteiger partial charge on any atom is 0.142 e. The van der Waals surface area contributed by atoms with Gasteiger partial charge in [0.1, 0.15) is 5.82 Å². The summed E-state index contributed by atoms with van der Waals surface area (Å²) in [5.41, 5.74) is 0.788. The molecule has 1 saturated carbocycles. The average Bonchev–Trinajstić information content (AvgIpc) is 2.36. The van der Waals surface area contributed by atoms with Crippen LogP contribution in [0.25, 0.3) is 0 Å². The van der Waals surface area contributed by atoms with E-state index in [4.69, 9.17) is 23.2 Å². The summed E-state index contributed by atoms with van der Waals surface area (Å²) >= 11 is 11.9. The van der Waals surface area contributed by atoms with Crippen LogP contribution >= 0.6 is 23.2 Å². The Morgan fingerprint density at radius 3 is 2.30 bits per heavy atom. The molecule has 1 aliphatic carbocycles. The van der Waals surface area contributed by atoms with Crippen LogP contribution in [-0.2, 0) is 0 Å². The minimum atomic E-state index is -0.405. The number of benzene rings is 1. The van der Waals surface area contributed by atoms with Crippen LogP contribution in [0.3, 0.4) is 0 Å². The fourth-order valence-corrected chi connectivity index (χ4v) is 3.48. The van der Waals surface area contributed by atoms with Gasteiger partial charge in [-0.1, -0.05) is 55.3 Å². The molecule has 1 atom stereocenters. The van der Waals surface area contributed by atoms with E-state index in [1.165, 1.54) is 57.1 Å². The van der Waals surface area contributed by atoms with Crippen molar-refractivity contribution in [3.8, 4) is 0 Å². The molecule has 1 aliphatic rings. The van der Waals surface area contributed by atoms with Crippen molar-refractivity contribution in [3.05, 3.63) is 33.6 Å². The van der Waals surface area contributed by atoms with Crippen molar-refractivity contribution in [2.45, 2.75) is 64.0 Å². The van der Waals surface area contributed by atoms with Gasteiger partial charge in [-0.15, -0.1) is 0 Å². The summed E-state index contributed by atoms with van der Waals surface area (Å²) in [4.78, 5) is 0. The van der Waals surface area contributed by atoms with Crippen molar-refractivity contribution in [1.29, 1.82) is 0 Å². The molecule has 1 nitrogen and oxygen atoms in total. The summed E-state index contributed by atoms with van der Waals surface area (Å²) < 4.78 is 13.6. The van der Waals surface area contributed by atoms with Crippen molar-refractivity contribution in [3.63, 3.8) is 0 Å². The van der Waals surface area contributed by atoms with E-state index in [1.807, 2.05) is 6.92 Å². The Balaban J connectivity index is 2.03. The number of halogens is 3. The summed E-state index contributed by atoms with van der Waals surface area (Å²) in [6, 6.07) is 3.48. The summed E-state index contributed by atoms with van der Waals surface area (Å²) in [6.07, 6.45) is 8.93. The van der Waals surface area contributed by atoms with E-state index in [0.29, 0.717) is 11.1 Å². The zero-order valence-electron chi connectivity index (χ0n) is 11.9. The first-order valence-electron chi connectivity index (χ1n) is 7.48. The molecule has 0 aliphatic heterocycles. The van der Waals surface area contributed by atoms with E-state index < -0.39 is 5.82 Å². The number of hydrogen-bond acceptors (Lipinski definition) is 1. The molecule has 4 heteroatoms. The third-order valence-corrected chi connectivity index (χ3v) is 4.71. The van der Waals surface area contributed by atoms with Gasteiger partial charge in [-0.3, -0.25) is 0 Å². The zero-order valence-corrected chi connectivity index (χ0v) is 13.4. The van der Waals surface area contributed by atoms with Crippen LogP contribution in [0.1, 0.15) is 63.5 Å². The van der Waals surface area contributed by atoms with Crippen LogP contribution < -0.4 is 5.32 Å². The second-order valence-electron chi connectivity index (χ2n) is 5.72. The van der Waals surface area contributed by atoms with E-state index in [-0.39, 0.29) is 11.1 Å². The van der Waals surface area contributed by atoms with Gasteiger partial charge in [0, 0.05) is 17.1 Å². The average molecular weight is 318 g/mol. The highest BCUT2D eigenvalue weighted by atomic mass is 35.5. The molecule has 2 rings (SSSR count). The molecule has 1 fully saturated rings. The van der Waals surface area contributed by atoms with Gasteiger partial charge in [0.15, 0.2) is 0 Å². The first-order chi connectivity index (χ1) is 9.58. The Morgan fingerprint density at radius 1 is 1.05 bits per heavy atom. The standard InChI is InChI=1S/C16H22Cl2FN/c1-11(13-9-16(19)15(18)10-14(13)17)20-12-7-5-3-2-4-6-8-12/h9-12,20H,2-8H2,1H3. The molecule has 1 aromatic rings. The predicted octanol–water partition coefficient (Wildman–Crippen LogP) is 5.90. The highest BCUT2D eigenvalue weighted by Gasteiger charge is 2.18. The highest BCUT2D eigenvalue weighted by Crippen LogP contribution is 2.29. The normalized spacial score (nSPS) is 19.4. The highest BCUT2D eigenvalue weighted by molar-refractivity contribution is 6.35. The third-order valence-electron chi connectivity index (χ3n) is 4.10. The summed E-state index contributed by atoms with van der Waals surface area (Å²) in [5, 5.41) is 4.21. The monoisotopic (exact) mass is 317 g/mol. The third kappa shape index (κ3) is 4.34. The minimum absolute atomic E-state index is 0.0405. The topological polar surface area (TPSA) is 12.0 Å². The Hall–Kier alpha value is -0.310. The van der Waals surface area contributed by atoms with Crippen molar-refractivity contribution < 1.29 is 4.39 Å². The van der Waals surface area contributed by atoms with Gasteiger partial charge in [0.25, 0.3) is 0 Å². The maximum atomic E-state index is 13.6. The zero-order chi connectivity index (χ0) is 14.5. The van der Waals surface area contributed by atoms with E-state index in [9.17, 15) is 4.39 Å². The van der Waals surface area contributed by atoms with Gasteiger partial charge in [-0.25, -0.2) is 4.39 Å². The number of hydrogen-bond donors (Lipinski definition) is 1. The van der Waals surface area contributed by atoms with Gasteiger partial charge < -0.3 is 5.32 Å². The van der Waals surface area contributed by atoms with Gasteiger partial charge in [-0.05, 0) is 37.5 Å². The largest absolute Gasteiger partial charge is 0.307 e. The summed E-state index contributed by atoms with van der Waals surface area (Å²) in [7, 11) is 0. The Labute approximate surface area is 130 Å². The Bertz CT molecular complexity index is 442. The van der Waals surface area contributed by atoms with Crippen molar-refractivity contribution in [2.75, 3.05) is 0 Å². The molecule has 0 heterocycles. The SMILES string of the molecule is CC(NC1CCCCCCC1)c1cc(F)c(Cl)cc1Cl. The molecule has 1 aromatic carbocycles.